The van der Waals surface area contributed by atoms with Crippen LogP contribution in [0.3, 0.4) is 0 Å². The smallest absolute Gasteiger partial charge is 0.179 e. The van der Waals surface area contributed by atoms with Crippen LogP contribution >= 0.6 is 0 Å². The Kier molecular flexibility index (Phi) is 2.75. The Morgan fingerprint density at radius 1 is 1.06 bits per heavy atom. The van der Waals surface area contributed by atoms with Gasteiger partial charge in [-0.15, -0.1) is 0 Å². The molecule has 0 unspecified atom stereocenters. The SMILES string of the molecule is c1cnc(-c2ncc(CNC3CC3)cn2)cn1. The highest BCUT2D eigenvalue weighted by Gasteiger charge is 2.19. The Hall–Kier alpha value is -1.88. The third-order valence-corrected chi connectivity index (χ3v) is 2.67. The van der Waals surface area contributed by atoms with E-state index in [4.69, 9.17) is 0 Å². The van der Waals surface area contributed by atoms with Crippen LogP contribution in [0, 0.1) is 0 Å². The van der Waals surface area contributed by atoms with Gasteiger partial charge in [-0.05, 0) is 12.8 Å². The number of hydrogen-bond acceptors (Lipinski definition) is 5. The van der Waals surface area contributed by atoms with Gasteiger partial charge in [-0.3, -0.25) is 4.98 Å². The molecule has 5 nitrogen and oxygen atoms in total. The van der Waals surface area contributed by atoms with Gasteiger partial charge >= 0.3 is 0 Å². The van der Waals surface area contributed by atoms with E-state index in [9.17, 15) is 0 Å². The normalized spacial score (nSPS) is 14.8. The largest absolute Gasteiger partial charge is 0.310 e. The Balaban J connectivity index is 1.70. The van der Waals surface area contributed by atoms with E-state index < -0.39 is 0 Å². The van der Waals surface area contributed by atoms with Crippen molar-refractivity contribution >= 4 is 0 Å². The molecule has 2 aromatic heterocycles. The first-order chi connectivity index (χ1) is 8.42. The van der Waals surface area contributed by atoms with Crippen LogP contribution in [0.2, 0.25) is 0 Å². The van der Waals surface area contributed by atoms with Gasteiger partial charge in [-0.25, -0.2) is 15.0 Å². The summed E-state index contributed by atoms with van der Waals surface area (Å²) in [6, 6.07) is 0.703. The first kappa shape index (κ1) is 10.3. The second kappa shape index (κ2) is 4.55. The molecule has 0 radical (unpaired) electrons. The van der Waals surface area contributed by atoms with Crippen LogP contribution in [0.5, 0.6) is 0 Å². The molecule has 2 heterocycles. The average Bonchev–Trinajstić information content (AvgIpc) is 3.22. The zero-order valence-corrected chi connectivity index (χ0v) is 9.37. The highest BCUT2D eigenvalue weighted by molar-refractivity contribution is 5.46. The molecule has 0 atom stereocenters. The van der Waals surface area contributed by atoms with Gasteiger partial charge < -0.3 is 5.32 Å². The summed E-state index contributed by atoms with van der Waals surface area (Å²) in [5.74, 6) is 0.619. The van der Waals surface area contributed by atoms with Crippen LogP contribution < -0.4 is 5.32 Å². The minimum absolute atomic E-state index is 0.619. The summed E-state index contributed by atoms with van der Waals surface area (Å²) in [4.78, 5) is 16.7. The third-order valence-electron chi connectivity index (χ3n) is 2.67. The zero-order valence-electron chi connectivity index (χ0n) is 9.37. The third kappa shape index (κ3) is 2.62. The Morgan fingerprint density at radius 2 is 1.88 bits per heavy atom. The maximum atomic E-state index is 4.29. The maximum absolute atomic E-state index is 4.29. The van der Waals surface area contributed by atoms with Crippen LogP contribution in [0.4, 0.5) is 0 Å². The lowest BCUT2D eigenvalue weighted by atomic mass is 10.3. The minimum Gasteiger partial charge on any atom is -0.310 e. The van der Waals surface area contributed by atoms with E-state index >= 15 is 0 Å². The second-order valence-electron chi connectivity index (χ2n) is 4.16. The maximum Gasteiger partial charge on any atom is 0.179 e. The summed E-state index contributed by atoms with van der Waals surface area (Å²) in [6.07, 6.45) is 11.2. The molecule has 17 heavy (non-hydrogen) atoms. The van der Waals surface area contributed by atoms with Gasteiger partial charge in [0.1, 0.15) is 5.69 Å². The monoisotopic (exact) mass is 227 g/mol. The van der Waals surface area contributed by atoms with Crippen molar-refractivity contribution in [2.24, 2.45) is 0 Å². The van der Waals surface area contributed by atoms with E-state index in [2.05, 4.69) is 25.3 Å². The highest BCUT2D eigenvalue weighted by Crippen LogP contribution is 2.19. The van der Waals surface area contributed by atoms with Gasteiger partial charge in [0.2, 0.25) is 0 Å². The van der Waals surface area contributed by atoms with Crippen molar-refractivity contribution in [2.75, 3.05) is 0 Å². The molecule has 5 heteroatoms. The second-order valence-corrected chi connectivity index (χ2v) is 4.16. The average molecular weight is 227 g/mol. The molecule has 0 amide bonds. The summed E-state index contributed by atoms with van der Waals surface area (Å²) >= 11 is 0. The van der Waals surface area contributed by atoms with Crippen molar-refractivity contribution in [3.05, 3.63) is 36.5 Å². The molecule has 3 rings (SSSR count). The summed E-state index contributed by atoms with van der Waals surface area (Å²) in [6.45, 7) is 0.839. The van der Waals surface area contributed by atoms with Crippen molar-refractivity contribution in [2.45, 2.75) is 25.4 Å². The lowest BCUT2D eigenvalue weighted by Gasteiger charge is -2.03. The van der Waals surface area contributed by atoms with Gasteiger partial charge in [0.25, 0.3) is 0 Å². The molecule has 0 bridgehead atoms. The van der Waals surface area contributed by atoms with Gasteiger partial charge in [-0.1, -0.05) is 0 Å². The molecule has 2 aromatic rings. The molecule has 1 N–H and O–H groups in total. The van der Waals surface area contributed by atoms with Gasteiger partial charge in [-0.2, -0.15) is 0 Å². The first-order valence-corrected chi connectivity index (χ1v) is 5.72. The van der Waals surface area contributed by atoms with E-state index in [0.29, 0.717) is 17.6 Å². The quantitative estimate of drug-likeness (QED) is 0.849. The van der Waals surface area contributed by atoms with E-state index in [0.717, 1.165) is 12.1 Å². The Morgan fingerprint density at radius 3 is 2.53 bits per heavy atom. The Labute approximate surface area is 99.4 Å². The highest BCUT2D eigenvalue weighted by atomic mass is 15.0. The lowest BCUT2D eigenvalue weighted by Crippen LogP contribution is -2.15. The predicted octanol–water partition coefficient (Wildman–Crippen LogP) is 1.19. The topological polar surface area (TPSA) is 63.6 Å². The van der Waals surface area contributed by atoms with Crippen LogP contribution in [0.15, 0.2) is 31.0 Å². The predicted molar refractivity (Wildman–Crippen MR) is 62.9 cm³/mol. The molecule has 86 valence electrons. The van der Waals surface area contributed by atoms with Crippen molar-refractivity contribution in [3.63, 3.8) is 0 Å². The standard InChI is InChI=1S/C12H13N5/c1-2-10(1)15-5-9-6-16-12(17-7-9)11-8-13-3-4-14-11/h3-4,6-8,10,15H,1-2,5H2. The van der Waals surface area contributed by atoms with Crippen LogP contribution in [0.25, 0.3) is 11.5 Å². The van der Waals surface area contributed by atoms with Gasteiger partial charge in [0, 0.05) is 42.9 Å². The molecule has 0 saturated heterocycles. The number of nitrogens with zero attached hydrogens (tertiary/aromatic N) is 4. The van der Waals surface area contributed by atoms with E-state index in [1.807, 2.05) is 12.4 Å². The lowest BCUT2D eigenvalue weighted by molar-refractivity contribution is 0.683. The van der Waals surface area contributed by atoms with Gasteiger partial charge in [0.05, 0.1) is 6.20 Å². The van der Waals surface area contributed by atoms with E-state index in [1.54, 1.807) is 18.6 Å². The van der Waals surface area contributed by atoms with Crippen LogP contribution in [0.1, 0.15) is 18.4 Å². The summed E-state index contributed by atoms with van der Waals surface area (Å²) < 4.78 is 0. The molecule has 1 saturated carbocycles. The molecule has 0 aromatic carbocycles. The first-order valence-electron chi connectivity index (χ1n) is 5.72. The van der Waals surface area contributed by atoms with Crippen molar-refractivity contribution in [3.8, 4) is 11.5 Å². The zero-order chi connectivity index (χ0) is 11.5. The fourth-order valence-electron chi connectivity index (χ4n) is 1.54. The fraction of sp³-hybridized carbons (Fsp3) is 0.333. The molecule has 1 aliphatic carbocycles. The number of nitrogens with one attached hydrogen (secondary N) is 1. The molecular weight excluding hydrogens is 214 g/mol. The summed E-state index contributed by atoms with van der Waals surface area (Å²) in [7, 11) is 0. The van der Waals surface area contributed by atoms with Crippen molar-refractivity contribution in [1.82, 2.24) is 25.3 Å². The summed E-state index contributed by atoms with van der Waals surface area (Å²) in [5, 5.41) is 3.42. The molecule has 1 fully saturated rings. The van der Waals surface area contributed by atoms with E-state index in [-0.39, 0.29) is 0 Å². The van der Waals surface area contributed by atoms with Crippen LogP contribution in [-0.2, 0) is 6.54 Å². The molecule has 1 aliphatic rings. The Bertz CT molecular complexity index is 478. The number of aromatic nitrogens is 4. The summed E-state index contributed by atoms with van der Waals surface area (Å²) in [5.41, 5.74) is 1.80. The van der Waals surface area contributed by atoms with Crippen molar-refractivity contribution < 1.29 is 0 Å². The van der Waals surface area contributed by atoms with Gasteiger partial charge in [0.15, 0.2) is 5.82 Å². The number of rotatable bonds is 4. The fourth-order valence-corrected chi connectivity index (χ4v) is 1.54. The van der Waals surface area contributed by atoms with Crippen molar-refractivity contribution in [1.29, 1.82) is 0 Å². The minimum atomic E-state index is 0.619. The molecular formula is C12H13N5. The number of hydrogen-bond donors (Lipinski definition) is 1. The molecule has 0 aliphatic heterocycles. The molecule has 0 spiro atoms. The van der Waals surface area contributed by atoms with E-state index in [1.165, 1.54) is 12.8 Å². The van der Waals surface area contributed by atoms with Crippen LogP contribution in [-0.4, -0.2) is 26.0 Å².